The Morgan fingerprint density at radius 3 is 2.45 bits per heavy atom. The van der Waals surface area contributed by atoms with Crippen LogP contribution in [0.5, 0.6) is 0 Å². The minimum absolute atomic E-state index is 0. The average Bonchev–Trinajstić information content (AvgIpc) is 2.36. The number of carbonyl (C=O) groups is 2. The van der Waals surface area contributed by atoms with E-state index in [0.717, 1.165) is 13.1 Å². The highest BCUT2D eigenvalue weighted by molar-refractivity contribution is 5.85. The zero-order valence-electron chi connectivity index (χ0n) is 12.7. The lowest BCUT2D eigenvalue weighted by Crippen LogP contribution is -2.44. The average molecular weight is 306 g/mol. The Labute approximate surface area is 128 Å². The summed E-state index contributed by atoms with van der Waals surface area (Å²) in [5.41, 5.74) is 5.20. The number of hydrogen-bond acceptors (Lipinski definition) is 3. The molecule has 1 heterocycles. The van der Waals surface area contributed by atoms with Crippen molar-refractivity contribution in [3.05, 3.63) is 0 Å². The van der Waals surface area contributed by atoms with Crippen LogP contribution in [0.4, 0.5) is 0 Å². The lowest BCUT2D eigenvalue weighted by molar-refractivity contribution is -0.138. The zero-order chi connectivity index (χ0) is 14.4. The first-order valence-electron chi connectivity index (χ1n) is 7.20. The summed E-state index contributed by atoms with van der Waals surface area (Å²) in [6, 6.07) is 0.0108. The standard InChI is InChI=1S/C14H27N3O2.ClH/c1-10(2)17(9-13(15)18)14(19)7-11(3)12-5-4-6-16-8-12;/h10-12,16H,4-9H2,1-3H3,(H2,15,18);1H. The summed E-state index contributed by atoms with van der Waals surface area (Å²) in [6.45, 7) is 8.04. The van der Waals surface area contributed by atoms with Crippen molar-refractivity contribution in [2.75, 3.05) is 19.6 Å². The van der Waals surface area contributed by atoms with Crippen molar-refractivity contribution in [2.45, 2.75) is 46.1 Å². The number of nitrogens with two attached hydrogens (primary N) is 1. The minimum atomic E-state index is -0.450. The fourth-order valence-corrected chi connectivity index (χ4v) is 2.65. The number of carbonyl (C=O) groups excluding carboxylic acids is 2. The fraction of sp³-hybridized carbons (Fsp3) is 0.857. The van der Waals surface area contributed by atoms with Crippen molar-refractivity contribution in [3.8, 4) is 0 Å². The number of primary amides is 1. The van der Waals surface area contributed by atoms with E-state index in [-0.39, 0.29) is 30.9 Å². The molecule has 3 N–H and O–H groups in total. The van der Waals surface area contributed by atoms with Gasteiger partial charge < -0.3 is 16.0 Å². The van der Waals surface area contributed by atoms with Crippen LogP contribution in [-0.4, -0.2) is 42.4 Å². The smallest absolute Gasteiger partial charge is 0.237 e. The highest BCUT2D eigenvalue weighted by atomic mass is 35.5. The summed E-state index contributed by atoms with van der Waals surface area (Å²) in [7, 11) is 0. The van der Waals surface area contributed by atoms with E-state index in [0.29, 0.717) is 18.3 Å². The van der Waals surface area contributed by atoms with Crippen LogP contribution < -0.4 is 11.1 Å². The highest BCUT2D eigenvalue weighted by Gasteiger charge is 2.26. The third-order valence-electron chi connectivity index (χ3n) is 3.91. The van der Waals surface area contributed by atoms with Gasteiger partial charge in [0, 0.05) is 12.5 Å². The number of halogens is 1. The predicted octanol–water partition coefficient (Wildman–Crippen LogP) is 1.16. The second kappa shape index (κ2) is 9.19. The van der Waals surface area contributed by atoms with Gasteiger partial charge in [-0.2, -0.15) is 0 Å². The van der Waals surface area contributed by atoms with Gasteiger partial charge in [0.25, 0.3) is 0 Å². The minimum Gasteiger partial charge on any atom is -0.368 e. The number of nitrogens with zero attached hydrogens (tertiary/aromatic N) is 1. The lowest BCUT2D eigenvalue weighted by Gasteiger charge is -2.31. The molecule has 0 aliphatic carbocycles. The van der Waals surface area contributed by atoms with Crippen molar-refractivity contribution < 1.29 is 9.59 Å². The molecule has 0 saturated carbocycles. The molecule has 5 nitrogen and oxygen atoms in total. The molecule has 0 aromatic carbocycles. The van der Waals surface area contributed by atoms with Crippen LogP contribution in [-0.2, 0) is 9.59 Å². The molecule has 1 fully saturated rings. The molecule has 20 heavy (non-hydrogen) atoms. The van der Waals surface area contributed by atoms with E-state index in [1.807, 2.05) is 13.8 Å². The van der Waals surface area contributed by atoms with Gasteiger partial charge >= 0.3 is 0 Å². The number of hydrogen-bond donors (Lipinski definition) is 2. The molecule has 0 radical (unpaired) electrons. The Morgan fingerprint density at radius 1 is 1.35 bits per heavy atom. The Balaban J connectivity index is 0.00000361. The van der Waals surface area contributed by atoms with Crippen LogP contribution in [0.1, 0.15) is 40.0 Å². The Morgan fingerprint density at radius 2 is 2.00 bits per heavy atom. The molecule has 0 aromatic rings. The number of nitrogens with one attached hydrogen (secondary N) is 1. The second-order valence-electron chi connectivity index (χ2n) is 5.87. The molecule has 2 atom stereocenters. The van der Waals surface area contributed by atoms with Gasteiger partial charge in [-0.05, 0) is 51.6 Å². The first kappa shape index (κ1) is 19.2. The lowest BCUT2D eigenvalue weighted by atomic mass is 9.85. The molecule has 6 heteroatoms. The van der Waals surface area contributed by atoms with Gasteiger partial charge in [-0.1, -0.05) is 6.92 Å². The first-order chi connectivity index (χ1) is 8.91. The van der Waals surface area contributed by atoms with Crippen LogP contribution in [0, 0.1) is 11.8 Å². The van der Waals surface area contributed by atoms with E-state index >= 15 is 0 Å². The second-order valence-corrected chi connectivity index (χ2v) is 5.87. The predicted molar refractivity (Wildman–Crippen MR) is 82.7 cm³/mol. The van der Waals surface area contributed by atoms with E-state index < -0.39 is 5.91 Å². The van der Waals surface area contributed by atoms with Crippen molar-refractivity contribution in [1.29, 1.82) is 0 Å². The van der Waals surface area contributed by atoms with Gasteiger partial charge in [0.05, 0.1) is 6.54 Å². The Hall–Kier alpha value is -0.810. The van der Waals surface area contributed by atoms with Crippen LogP contribution in [0.15, 0.2) is 0 Å². The van der Waals surface area contributed by atoms with E-state index in [9.17, 15) is 9.59 Å². The molecule has 0 bridgehead atoms. The maximum Gasteiger partial charge on any atom is 0.237 e. The van der Waals surface area contributed by atoms with Gasteiger partial charge in [0.15, 0.2) is 0 Å². The number of rotatable bonds is 6. The van der Waals surface area contributed by atoms with Gasteiger partial charge in [-0.25, -0.2) is 0 Å². The quantitative estimate of drug-likeness (QED) is 0.773. The van der Waals surface area contributed by atoms with Crippen LogP contribution in [0.3, 0.4) is 0 Å². The van der Waals surface area contributed by atoms with Crippen molar-refractivity contribution >= 4 is 24.2 Å². The Kier molecular flexibility index (Phi) is 8.81. The van der Waals surface area contributed by atoms with Crippen LogP contribution >= 0.6 is 12.4 Å². The number of piperidine rings is 1. The van der Waals surface area contributed by atoms with E-state index in [1.165, 1.54) is 12.8 Å². The van der Waals surface area contributed by atoms with Crippen molar-refractivity contribution in [3.63, 3.8) is 0 Å². The first-order valence-corrected chi connectivity index (χ1v) is 7.20. The summed E-state index contributed by atoms with van der Waals surface area (Å²) in [5, 5.41) is 3.37. The molecule has 0 spiro atoms. The molecule has 1 saturated heterocycles. The fourth-order valence-electron chi connectivity index (χ4n) is 2.65. The third-order valence-corrected chi connectivity index (χ3v) is 3.91. The summed E-state index contributed by atoms with van der Waals surface area (Å²) in [4.78, 5) is 24.9. The molecule has 1 rings (SSSR count). The topological polar surface area (TPSA) is 75.4 Å². The van der Waals surface area contributed by atoms with Crippen LogP contribution in [0.2, 0.25) is 0 Å². The largest absolute Gasteiger partial charge is 0.368 e. The van der Waals surface area contributed by atoms with Crippen molar-refractivity contribution in [2.24, 2.45) is 17.6 Å². The molecular formula is C14H28ClN3O2. The maximum absolute atomic E-state index is 12.3. The van der Waals surface area contributed by atoms with Gasteiger partial charge in [0.1, 0.15) is 0 Å². The Bertz CT molecular complexity index is 318. The third kappa shape index (κ3) is 6.09. The highest BCUT2D eigenvalue weighted by Crippen LogP contribution is 2.23. The normalized spacial score (nSPS) is 20.1. The molecule has 118 valence electrons. The molecule has 0 aromatic heterocycles. The number of amides is 2. The molecule has 1 aliphatic rings. The summed E-state index contributed by atoms with van der Waals surface area (Å²) in [5.74, 6) is 0.482. The van der Waals surface area contributed by atoms with Gasteiger partial charge in [0.2, 0.25) is 11.8 Å². The summed E-state index contributed by atoms with van der Waals surface area (Å²) < 4.78 is 0. The maximum atomic E-state index is 12.3. The van der Waals surface area contributed by atoms with E-state index in [1.54, 1.807) is 4.90 Å². The molecule has 1 aliphatic heterocycles. The summed E-state index contributed by atoms with van der Waals surface area (Å²) >= 11 is 0. The van der Waals surface area contributed by atoms with Gasteiger partial charge in [-0.15, -0.1) is 12.4 Å². The van der Waals surface area contributed by atoms with Gasteiger partial charge in [-0.3, -0.25) is 9.59 Å². The molecular weight excluding hydrogens is 278 g/mol. The van der Waals surface area contributed by atoms with E-state index in [2.05, 4.69) is 12.2 Å². The van der Waals surface area contributed by atoms with Crippen molar-refractivity contribution in [1.82, 2.24) is 10.2 Å². The molecule has 2 amide bonds. The van der Waals surface area contributed by atoms with Crippen LogP contribution in [0.25, 0.3) is 0 Å². The zero-order valence-corrected chi connectivity index (χ0v) is 13.5. The molecule has 2 unspecified atom stereocenters. The SMILES string of the molecule is CC(CC(=O)N(CC(N)=O)C(C)C)C1CCCNC1.Cl. The van der Waals surface area contributed by atoms with E-state index in [4.69, 9.17) is 5.73 Å². The monoisotopic (exact) mass is 305 g/mol. The summed E-state index contributed by atoms with van der Waals surface area (Å²) in [6.07, 6.45) is 2.86.